The molecule has 8 aromatic carbocycles. The molecule has 13 N–H and O–H groups in total. The second kappa shape index (κ2) is 37.2. The highest BCUT2D eigenvalue weighted by Gasteiger charge is 2.32. The number of H-pyrrole nitrogens is 8. The number of rotatable bonds is 21. The number of nitrogen functional groups attached to an aromatic ring is 1. The number of carboxylic acid groups (broad SMARTS) is 1. The molecule has 2 saturated heterocycles. The van der Waals surface area contributed by atoms with Crippen molar-refractivity contribution >= 4 is 123 Å². The average Bonchev–Trinajstić information content (AvgIpc) is 2.58. The van der Waals surface area contributed by atoms with Gasteiger partial charge in [0.05, 0.1) is 75.7 Å². The Hall–Kier alpha value is -17.5. The second-order valence-corrected chi connectivity index (χ2v) is 34.8. The molecule has 40 heteroatoms. The number of aromatic nitrogens is 24. The van der Waals surface area contributed by atoms with Crippen LogP contribution in [-0.2, 0) is 82.6 Å². The molecule has 40 nitrogen and oxygen atoms in total. The van der Waals surface area contributed by atoms with Crippen LogP contribution in [0.2, 0.25) is 0 Å². The highest BCUT2D eigenvalue weighted by molar-refractivity contribution is 5.92. The lowest BCUT2D eigenvalue weighted by atomic mass is 9.97. The van der Waals surface area contributed by atoms with Crippen molar-refractivity contribution in [2.45, 2.75) is 90.5 Å². The number of aromatic amines is 8. The first kappa shape index (κ1) is 88.5. The van der Waals surface area contributed by atoms with Crippen LogP contribution in [0.1, 0.15) is 107 Å². The Balaban J connectivity index is 0.000000114. The number of hydrogen-bond donors (Lipinski definition) is 12. The lowest BCUT2D eigenvalue weighted by molar-refractivity contribution is -0.142. The normalized spacial score (nSPS) is 13.5. The Morgan fingerprint density at radius 1 is 0.377 bits per heavy atom. The summed E-state index contributed by atoms with van der Waals surface area (Å²) < 4.78 is 13.1. The number of piperidine rings is 1. The van der Waals surface area contributed by atoms with Gasteiger partial charge in [0.25, 0.3) is 22.2 Å². The molecule has 1 saturated carbocycles. The van der Waals surface area contributed by atoms with E-state index in [0.717, 1.165) is 117 Å². The van der Waals surface area contributed by atoms with Gasteiger partial charge in [-0.05, 0) is 121 Å². The fourth-order valence-corrected chi connectivity index (χ4v) is 18.1. The number of carbonyl (C=O) groups is 2. The number of hydrogen-bond acceptors (Lipinski definition) is 22. The summed E-state index contributed by atoms with van der Waals surface area (Å²) in [5, 5.41) is 15.4. The molecule has 12 aromatic heterocycles. The Morgan fingerprint density at radius 3 is 1.07 bits per heavy atom. The fourth-order valence-electron chi connectivity index (χ4n) is 18.1. The second-order valence-electron chi connectivity index (χ2n) is 34.8. The van der Waals surface area contributed by atoms with Gasteiger partial charge in [0.1, 0.15) is 46.6 Å². The zero-order valence-corrected chi connectivity index (χ0v) is 75.5. The van der Waals surface area contributed by atoms with Crippen molar-refractivity contribution in [1.82, 2.24) is 122 Å². The number of nitrogens with zero attached hydrogens (tertiary/aromatic N) is 18. The van der Waals surface area contributed by atoms with Gasteiger partial charge in [-0.15, -0.1) is 0 Å². The summed E-state index contributed by atoms with van der Waals surface area (Å²) in [6.45, 7) is 8.53. The molecule has 3 aliphatic rings. The Bertz CT molecular complexity index is 8620. The highest BCUT2D eigenvalue weighted by atomic mass is 16.4. The molecule has 0 spiro atoms. The third-order valence-electron chi connectivity index (χ3n) is 25.2. The summed E-state index contributed by atoms with van der Waals surface area (Å²) >= 11 is 0. The highest BCUT2D eigenvalue weighted by Crippen LogP contribution is 2.36. The van der Waals surface area contributed by atoms with E-state index in [2.05, 4.69) is 98.4 Å². The topological polar surface area (TPSA) is 516 Å². The Morgan fingerprint density at radius 2 is 0.703 bits per heavy atom. The summed E-state index contributed by atoms with van der Waals surface area (Å²) in [5.74, 6) is 4.19. The van der Waals surface area contributed by atoms with Crippen LogP contribution >= 0.6 is 0 Å². The number of piperazine rings is 1. The number of nitrogens with two attached hydrogens (primary N) is 1. The summed E-state index contributed by atoms with van der Waals surface area (Å²) in [7, 11) is 4.76. The monoisotopic (exact) mass is 1850 g/mol. The quantitative estimate of drug-likeness (QED) is 0.0305. The molecule has 0 unspecified atom stereocenters. The number of aliphatic carboxylic acids is 1. The zero-order valence-electron chi connectivity index (χ0n) is 75.5. The molecule has 0 bridgehead atoms. The van der Waals surface area contributed by atoms with Crippen LogP contribution < -0.4 is 71.2 Å². The minimum Gasteiger partial charge on any atom is -0.481 e. The number of anilines is 4. The number of fused-ring (bicyclic) bond motifs is 8. The fraction of sp³-hybridized carbons (Fsp3) is 0.245. The molecule has 0 radical (unpaired) electrons. The molecule has 1 amide bonds. The maximum Gasteiger partial charge on any atom is 0.330 e. The molecule has 3 fully saturated rings. The van der Waals surface area contributed by atoms with Crippen molar-refractivity contribution in [3.8, 4) is 0 Å². The van der Waals surface area contributed by atoms with Gasteiger partial charge in [0, 0.05) is 122 Å². The van der Waals surface area contributed by atoms with Crippen molar-refractivity contribution in [3.63, 3.8) is 0 Å². The molecular weight excluding hydrogens is 1760 g/mol. The van der Waals surface area contributed by atoms with Gasteiger partial charge >= 0.3 is 28.7 Å². The van der Waals surface area contributed by atoms with Crippen molar-refractivity contribution < 1.29 is 14.7 Å². The first-order chi connectivity index (χ1) is 66.9. The Labute approximate surface area is 779 Å². The van der Waals surface area contributed by atoms with E-state index in [9.17, 15) is 53.1 Å². The minimum absolute atomic E-state index is 0.0920. The maximum atomic E-state index is 13.0. The van der Waals surface area contributed by atoms with Gasteiger partial charge in [0.15, 0.2) is 44.7 Å². The van der Waals surface area contributed by atoms with Gasteiger partial charge in [-0.1, -0.05) is 121 Å². The van der Waals surface area contributed by atoms with E-state index in [-0.39, 0.29) is 23.6 Å². The van der Waals surface area contributed by atoms with Crippen LogP contribution in [0.5, 0.6) is 0 Å². The van der Waals surface area contributed by atoms with E-state index in [1.165, 1.54) is 26.3 Å². The van der Waals surface area contributed by atoms with Gasteiger partial charge in [-0.2, -0.15) is 0 Å². The van der Waals surface area contributed by atoms with Gasteiger partial charge < -0.3 is 69.5 Å². The van der Waals surface area contributed by atoms with Gasteiger partial charge in [-0.25, -0.2) is 59.0 Å². The third-order valence-corrected chi connectivity index (χ3v) is 25.2. The van der Waals surface area contributed by atoms with E-state index in [4.69, 9.17) is 25.7 Å². The number of benzene rings is 8. The number of carboxylic acids is 1. The van der Waals surface area contributed by atoms with E-state index in [1.54, 1.807) is 37.8 Å². The van der Waals surface area contributed by atoms with E-state index >= 15 is 0 Å². The number of imidazole rings is 8. The smallest absolute Gasteiger partial charge is 0.330 e. The van der Waals surface area contributed by atoms with Crippen LogP contribution in [0.25, 0.3) is 88.8 Å². The molecule has 698 valence electrons. The lowest BCUT2D eigenvalue weighted by Crippen LogP contribution is -2.43. The SMILES string of the molecule is CC(=O)Nc1ccc2nc(Cc3nc4c(c(=O)[nH]c(=O)n4C)n3Cc3ccccc3)[nH]c2c1.Cn1c(=O)[nH]c(=O)c2c1nc(Cc1nc3ccc(N)cc3[nH]1)n2Cc1ccccc1.Cn1c(=O)[nH]c(=O)c2c1nc(Cc1nc3ccc(N4CCC(C(=O)O)CC4)cc3[nH]1)n2Cc1ccccc1.O=c1[nH]c(=O)n(C2CC2)c2nc(Cc3nc4ccc(N5CCNCC5)cc4[nH]3)n(Cc3ccccc3)c12. The van der Waals surface area contributed by atoms with Crippen molar-refractivity contribution in [2.24, 2.45) is 27.1 Å². The number of nitrogens with one attached hydrogen (secondary N) is 10. The first-order valence-corrected chi connectivity index (χ1v) is 45.3. The average molecular weight is 1860 g/mol. The Kier molecular flexibility index (Phi) is 23.8. The predicted molar refractivity (Wildman–Crippen MR) is 524 cm³/mol. The van der Waals surface area contributed by atoms with Gasteiger partial charge in [0.2, 0.25) is 5.91 Å². The lowest BCUT2D eigenvalue weighted by Gasteiger charge is -2.31. The number of aryl methyl sites for hydroxylation is 3. The minimum atomic E-state index is -0.723. The molecule has 14 heterocycles. The van der Waals surface area contributed by atoms with E-state index < -0.39 is 45.3 Å². The standard InChI is InChI=1S/C27H28N8O2.C27H27N7O4.C23H21N7O3.C21H19N7O2/c36-26-24-25(35(18-6-7-18)27(37)32-26)31-23(34(24)16-17-4-2-1-3-5-17)15-22-29-20-9-8-19(14-21(20)30-22)33-12-10-28-11-13-33;1-32-24-23(25(35)31-27(32)38)34(15-16-5-3-2-4-6-16)22(30-24)14-21-28-19-8-7-18(13-20(19)29-21)33-11-9-17(10-12-33)26(36)37;1-13(31)24-15-8-9-16-17(10-15)26-18(25-16)11-19-27-21-20(22(32)28-23(33)29(21)2)30(19)12-14-6-4-3-5-7-14;1-27-19-18(20(29)26-21(27)30)28(11-12-5-3-2-4-6-12)17(25-19)10-16-23-14-8-7-13(22)9-15(14)24-16/h1-5,8-9,14,18,28H,6-7,10-13,15-16H2,(H,29,30)(H,32,36,37);2-8,13,17H,9-12,14-15H2,1H3,(H,28,29)(H,36,37)(H,31,35,38);3-10H,11-12H2,1-2H3,(H,24,31)(H,25,26)(H,28,32,33);2-9H,10-11,22H2,1H3,(H,23,24)(H,26,29,30). The zero-order chi connectivity index (χ0) is 95.3. The summed E-state index contributed by atoms with van der Waals surface area (Å²) in [4.78, 5) is 188. The largest absolute Gasteiger partial charge is 0.481 e. The van der Waals surface area contributed by atoms with Crippen molar-refractivity contribution in [1.29, 1.82) is 0 Å². The first-order valence-electron chi connectivity index (χ1n) is 45.3. The molecule has 0 atom stereocenters. The molecule has 138 heavy (non-hydrogen) atoms. The van der Waals surface area contributed by atoms with Crippen molar-refractivity contribution in [3.05, 3.63) is 346 Å². The van der Waals surface area contributed by atoms with Crippen LogP contribution in [-0.4, -0.2) is 173 Å². The number of carbonyl (C=O) groups excluding carboxylic acids is 1. The molecule has 20 aromatic rings. The van der Waals surface area contributed by atoms with Crippen LogP contribution in [0.3, 0.4) is 0 Å². The summed E-state index contributed by atoms with van der Waals surface area (Å²) in [6.07, 6.45) is 4.52. The molecule has 1 aliphatic carbocycles. The van der Waals surface area contributed by atoms with E-state index in [0.29, 0.717) is 175 Å². The summed E-state index contributed by atoms with van der Waals surface area (Å²) in [6, 6.07) is 62.6. The number of amides is 1. The van der Waals surface area contributed by atoms with Crippen LogP contribution in [0.4, 0.5) is 22.7 Å². The molecule has 2 aliphatic heterocycles. The van der Waals surface area contributed by atoms with E-state index in [1.807, 2.05) is 182 Å². The maximum absolute atomic E-state index is 13.0. The predicted octanol–water partition coefficient (Wildman–Crippen LogP) is 7.80. The van der Waals surface area contributed by atoms with Gasteiger partial charge in [-0.3, -0.25) is 67.0 Å². The van der Waals surface area contributed by atoms with Crippen molar-refractivity contribution in [2.75, 3.05) is 60.1 Å². The molecule has 23 rings (SSSR count). The summed E-state index contributed by atoms with van der Waals surface area (Å²) in [5.41, 5.74) is 19.3. The van der Waals surface area contributed by atoms with Crippen LogP contribution in [0, 0.1) is 5.92 Å². The van der Waals surface area contributed by atoms with Crippen LogP contribution in [0.15, 0.2) is 232 Å². The molecular formula is C98H95N29O11. The third kappa shape index (κ3) is 18.3.